The number of fused-ring (bicyclic) bond motifs is 3. The van der Waals surface area contributed by atoms with Crippen LogP contribution in [0.25, 0.3) is 11.1 Å². The first-order valence-corrected chi connectivity index (χ1v) is 10.9. The quantitative estimate of drug-likeness (QED) is 0.675. The Morgan fingerprint density at radius 2 is 1.39 bits per heavy atom. The van der Waals surface area contributed by atoms with Crippen LogP contribution in [0.2, 0.25) is 0 Å². The molecule has 1 amide bonds. The number of nitrogens with one attached hydrogen (secondary N) is 1. The van der Waals surface area contributed by atoms with E-state index >= 15 is 0 Å². The third-order valence-electron chi connectivity index (χ3n) is 6.61. The van der Waals surface area contributed by atoms with Gasteiger partial charge >= 0.3 is 12.1 Å². The highest BCUT2D eigenvalue weighted by Crippen LogP contribution is 2.50. The van der Waals surface area contributed by atoms with Gasteiger partial charge < -0.3 is 15.2 Å². The van der Waals surface area contributed by atoms with Crippen molar-refractivity contribution in [3.8, 4) is 11.1 Å². The molecule has 0 heterocycles. The van der Waals surface area contributed by atoms with E-state index in [9.17, 15) is 14.7 Å². The summed E-state index contributed by atoms with van der Waals surface area (Å²) < 4.78 is 5.64. The summed E-state index contributed by atoms with van der Waals surface area (Å²) in [5, 5.41) is 12.8. The zero-order valence-electron chi connectivity index (χ0n) is 18.7. The molecule has 164 valence electrons. The minimum atomic E-state index is -1.33. The number of hydrogen-bond acceptors (Lipinski definition) is 3. The monoisotopic (exact) mass is 421 g/mol. The van der Waals surface area contributed by atoms with Crippen molar-refractivity contribution in [2.24, 2.45) is 10.8 Å². The van der Waals surface area contributed by atoms with Gasteiger partial charge in [0.25, 0.3) is 0 Å². The van der Waals surface area contributed by atoms with Gasteiger partial charge in [0, 0.05) is 5.92 Å². The van der Waals surface area contributed by atoms with Gasteiger partial charge in [0.1, 0.15) is 12.1 Å². The number of ether oxygens (including phenoxy) is 1. The molecular formula is C26H31NO4. The molecular weight excluding hydrogens is 390 g/mol. The van der Waals surface area contributed by atoms with Crippen molar-refractivity contribution in [3.63, 3.8) is 0 Å². The Hall–Kier alpha value is -2.82. The molecule has 4 rings (SSSR count). The number of carboxylic acid groups (broad SMARTS) is 1. The Bertz CT molecular complexity index is 962. The van der Waals surface area contributed by atoms with Gasteiger partial charge in [-0.05, 0) is 52.3 Å². The summed E-state index contributed by atoms with van der Waals surface area (Å²) in [7, 11) is 0. The maximum atomic E-state index is 12.8. The predicted molar refractivity (Wildman–Crippen MR) is 120 cm³/mol. The number of carbonyl (C=O) groups is 2. The summed E-state index contributed by atoms with van der Waals surface area (Å²) >= 11 is 0. The average molecular weight is 422 g/mol. The molecule has 2 aromatic rings. The zero-order chi connectivity index (χ0) is 22.4. The summed E-state index contributed by atoms with van der Waals surface area (Å²) in [6.45, 7) is 8.41. The van der Waals surface area contributed by atoms with Crippen LogP contribution in [0.1, 0.15) is 64.0 Å². The summed E-state index contributed by atoms with van der Waals surface area (Å²) in [5.74, 6) is -1.06. The van der Waals surface area contributed by atoms with Crippen molar-refractivity contribution < 1.29 is 19.4 Å². The number of aliphatic carboxylic acids is 1. The molecule has 0 unspecified atom stereocenters. The molecule has 0 spiro atoms. The second kappa shape index (κ2) is 7.40. The average Bonchev–Trinajstić information content (AvgIpc) is 2.97. The van der Waals surface area contributed by atoms with Crippen LogP contribution in [-0.4, -0.2) is 29.3 Å². The van der Waals surface area contributed by atoms with E-state index in [1.807, 2.05) is 24.3 Å². The highest BCUT2D eigenvalue weighted by atomic mass is 16.5. The first-order valence-electron chi connectivity index (χ1n) is 10.9. The zero-order valence-corrected chi connectivity index (χ0v) is 18.7. The van der Waals surface area contributed by atoms with Crippen LogP contribution < -0.4 is 5.32 Å². The van der Waals surface area contributed by atoms with E-state index in [1.54, 1.807) is 0 Å². The van der Waals surface area contributed by atoms with Gasteiger partial charge in [-0.1, -0.05) is 76.2 Å². The van der Waals surface area contributed by atoms with Gasteiger partial charge in [0.15, 0.2) is 0 Å². The van der Waals surface area contributed by atoms with Gasteiger partial charge in [0.05, 0.1) is 0 Å². The molecule has 2 aliphatic rings. The molecule has 2 aliphatic carbocycles. The standard InChI is InChI=1S/C26H31NO4/c1-24(2)14-25(3,4)16-26(15-24,22(28)29)27-23(30)31-13-21-19-11-7-5-9-17(19)18-10-6-8-12-20(18)21/h5-12,21H,13-16H2,1-4H3,(H,27,30)(H,28,29). The Balaban J connectivity index is 1.52. The minimum absolute atomic E-state index is 0.0573. The fraction of sp³-hybridized carbons (Fsp3) is 0.462. The van der Waals surface area contributed by atoms with Gasteiger partial charge in [-0.3, -0.25) is 0 Å². The van der Waals surface area contributed by atoms with Crippen LogP contribution in [0.5, 0.6) is 0 Å². The SMILES string of the molecule is CC1(C)CC(C)(C)CC(NC(=O)OCC2c3ccccc3-c3ccccc32)(C(=O)O)C1. The number of amides is 1. The highest BCUT2D eigenvalue weighted by Gasteiger charge is 2.53. The fourth-order valence-corrected chi connectivity index (χ4v) is 6.24. The van der Waals surface area contributed by atoms with Gasteiger partial charge in [-0.25, -0.2) is 9.59 Å². The molecule has 1 fully saturated rings. The lowest BCUT2D eigenvalue weighted by atomic mass is 9.58. The number of rotatable bonds is 4. The number of alkyl carbamates (subject to hydrolysis) is 1. The Morgan fingerprint density at radius 1 is 0.903 bits per heavy atom. The lowest BCUT2D eigenvalue weighted by Crippen LogP contribution is -2.61. The molecule has 0 radical (unpaired) electrons. The maximum Gasteiger partial charge on any atom is 0.408 e. The summed E-state index contributed by atoms with van der Waals surface area (Å²) in [6, 6.07) is 16.3. The van der Waals surface area contributed by atoms with Crippen LogP contribution in [-0.2, 0) is 9.53 Å². The second-order valence-electron chi connectivity index (χ2n) is 10.7. The number of benzene rings is 2. The van der Waals surface area contributed by atoms with Crippen LogP contribution in [0.4, 0.5) is 4.79 Å². The molecule has 0 aliphatic heterocycles. The topological polar surface area (TPSA) is 75.6 Å². The fourth-order valence-electron chi connectivity index (χ4n) is 6.24. The van der Waals surface area contributed by atoms with Crippen LogP contribution in [0, 0.1) is 10.8 Å². The summed E-state index contributed by atoms with van der Waals surface area (Å²) in [4.78, 5) is 25.1. The molecule has 2 aromatic carbocycles. The van der Waals surface area contributed by atoms with E-state index in [0.717, 1.165) is 28.7 Å². The van der Waals surface area contributed by atoms with Crippen LogP contribution in [0.3, 0.4) is 0 Å². The molecule has 0 atom stereocenters. The number of hydrogen-bond donors (Lipinski definition) is 2. The third kappa shape index (κ3) is 4.06. The lowest BCUT2D eigenvalue weighted by molar-refractivity contribution is -0.151. The largest absolute Gasteiger partial charge is 0.480 e. The summed E-state index contributed by atoms with van der Waals surface area (Å²) in [5.41, 5.74) is 2.85. The van der Waals surface area contributed by atoms with Gasteiger partial charge in [-0.2, -0.15) is 0 Å². The molecule has 31 heavy (non-hydrogen) atoms. The van der Waals surface area contributed by atoms with Crippen molar-refractivity contribution in [1.82, 2.24) is 5.32 Å². The minimum Gasteiger partial charge on any atom is -0.480 e. The van der Waals surface area contributed by atoms with E-state index in [2.05, 4.69) is 57.3 Å². The lowest BCUT2D eigenvalue weighted by Gasteiger charge is -2.49. The van der Waals surface area contributed by atoms with Gasteiger partial charge in [-0.15, -0.1) is 0 Å². The van der Waals surface area contributed by atoms with Crippen LogP contribution in [0.15, 0.2) is 48.5 Å². The third-order valence-corrected chi connectivity index (χ3v) is 6.61. The van der Waals surface area contributed by atoms with E-state index in [-0.39, 0.29) is 23.4 Å². The Kier molecular flexibility index (Phi) is 5.11. The normalized spacial score (nSPS) is 20.4. The van der Waals surface area contributed by atoms with Gasteiger partial charge in [0.2, 0.25) is 0 Å². The molecule has 0 aromatic heterocycles. The Morgan fingerprint density at radius 3 is 1.87 bits per heavy atom. The number of carbonyl (C=O) groups excluding carboxylic acids is 1. The predicted octanol–water partition coefficient (Wildman–Crippen LogP) is 5.58. The molecule has 5 nitrogen and oxygen atoms in total. The maximum absolute atomic E-state index is 12.8. The molecule has 2 N–H and O–H groups in total. The van der Waals surface area contributed by atoms with Crippen molar-refractivity contribution in [3.05, 3.63) is 59.7 Å². The van der Waals surface area contributed by atoms with Crippen molar-refractivity contribution in [1.29, 1.82) is 0 Å². The van der Waals surface area contributed by atoms with Crippen LogP contribution >= 0.6 is 0 Å². The molecule has 1 saturated carbocycles. The smallest absolute Gasteiger partial charge is 0.408 e. The van der Waals surface area contributed by atoms with Crippen molar-refractivity contribution in [2.45, 2.75) is 58.4 Å². The van der Waals surface area contributed by atoms with Crippen molar-refractivity contribution in [2.75, 3.05) is 6.61 Å². The summed E-state index contributed by atoms with van der Waals surface area (Å²) in [6.07, 6.45) is 0.991. The molecule has 0 saturated heterocycles. The molecule has 5 heteroatoms. The molecule has 0 bridgehead atoms. The highest BCUT2D eigenvalue weighted by molar-refractivity contribution is 5.85. The van der Waals surface area contributed by atoms with E-state index in [1.165, 1.54) is 0 Å². The Labute approximate surface area is 183 Å². The first kappa shape index (κ1) is 21.4. The van der Waals surface area contributed by atoms with E-state index in [0.29, 0.717) is 12.8 Å². The first-order chi connectivity index (χ1) is 14.5. The van der Waals surface area contributed by atoms with E-state index in [4.69, 9.17) is 4.74 Å². The number of carboxylic acids is 1. The van der Waals surface area contributed by atoms with Crippen molar-refractivity contribution >= 4 is 12.1 Å². The second-order valence-corrected chi connectivity index (χ2v) is 10.7. The van der Waals surface area contributed by atoms with E-state index < -0.39 is 17.6 Å².